The highest BCUT2D eigenvalue weighted by Crippen LogP contribution is 2.38. The third-order valence-corrected chi connectivity index (χ3v) is 6.28. The van der Waals surface area contributed by atoms with Crippen molar-refractivity contribution in [3.8, 4) is 0 Å². The van der Waals surface area contributed by atoms with Crippen molar-refractivity contribution in [3.63, 3.8) is 0 Å². The fourth-order valence-corrected chi connectivity index (χ4v) is 4.47. The lowest BCUT2D eigenvalue weighted by atomic mass is 9.90. The molecule has 0 aliphatic carbocycles. The first-order valence-corrected chi connectivity index (χ1v) is 12.2. The molecule has 2 aliphatic rings. The predicted molar refractivity (Wildman–Crippen MR) is 129 cm³/mol. The minimum Gasteiger partial charge on any atom is -0.376 e. The topological polar surface area (TPSA) is 55.6 Å². The maximum Gasteiger partial charge on any atom is 0.416 e. The first kappa shape index (κ1) is 31.6. The van der Waals surface area contributed by atoms with Gasteiger partial charge in [-0.25, -0.2) is 4.39 Å². The number of carbonyl (C=O) groups is 1. The Morgan fingerprint density at radius 3 is 1.97 bits per heavy atom. The highest BCUT2D eigenvalue weighted by Gasteiger charge is 2.51. The van der Waals surface area contributed by atoms with Crippen molar-refractivity contribution in [1.82, 2.24) is 4.90 Å². The van der Waals surface area contributed by atoms with Gasteiger partial charge in [0, 0.05) is 24.4 Å². The molecule has 0 bridgehead atoms. The van der Waals surface area contributed by atoms with Crippen LogP contribution in [0.4, 0.5) is 30.7 Å². The highest BCUT2D eigenvalue weighted by atomic mass is 19.4. The Kier molecular flexibility index (Phi) is 10.4. The number of benzene rings is 2. The molecule has 0 saturated carbocycles. The maximum atomic E-state index is 12.9. The fourth-order valence-electron chi connectivity index (χ4n) is 4.47. The Balaban J connectivity index is 0.000000428. The van der Waals surface area contributed by atoms with E-state index in [1.54, 1.807) is 24.0 Å². The van der Waals surface area contributed by atoms with Gasteiger partial charge in [-0.1, -0.05) is 31.5 Å². The Hall–Kier alpha value is -2.66. The largest absolute Gasteiger partial charge is 0.416 e. The number of hydrogen-bond acceptors (Lipinski definition) is 3. The van der Waals surface area contributed by atoms with Crippen LogP contribution in [0, 0.1) is 18.7 Å². The molecule has 2 aromatic carbocycles. The number of rotatable bonds is 4. The summed E-state index contributed by atoms with van der Waals surface area (Å²) in [4.78, 5) is 13.6. The molecule has 2 fully saturated rings. The van der Waals surface area contributed by atoms with Crippen molar-refractivity contribution < 1.29 is 40.3 Å². The van der Waals surface area contributed by atoms with E-state index in [1.165, 1.54) is 12.1 Å². The van der Waals surface area contributed by atoms with Crippen molar-refractivity contribution in [2.24, 2.45) is 11.7 Å². The molecule has 11 heteroatoms. The molecule has 212 valence electrons. The van der Waals surface area contributed by atoms with Crippen LogP contribution in [-0.2, 0) is 28.5 Å². The van der Waals surface area contributed by atoms with E-state index in [-0.39, 0.29) is 54.9 Å². The second-order valence-electron chi connectivity index (χ2n) is 9.57. The number of fused-ring (bicyclic) bond motifs is 1. The van der Waals surface area contributed by atoms with Crippen molar-refractivity contribution >= 4 is 5.91 Å². The van der Waals surface area contributed by atoms with E-state index >= 15 is 0 Å². The van der Waals surface area contributed by atoms with Crippen LogP contribution in [-0.4, -0.2) is 35.5 Å². The molecule has 2 aromatic rings. The van der Waals surface area contributed by atoms with Crippen LogP contribution >= 0.6 is 0 Å². The minimum absolute atomic E-state index is 0.0507. The van der Waals surface area contributed by atoms with Crippen LogP contribution in [0.3, 0.4) is 0 Å². The molecule has 3 unspecified atom stereocenters. The lowest BCUT2D eigenvalue weighted by Crippen LogP contribution is -2.46. The minimum atomic E-state index is -4.89. The summed E-state index contributed by atoms with van der Waals surface area (Å²) in [5.74, 6) is -0.286. The predicted octanol–water partition coefficient (Wildman–Crippen LogP) is 6.74. The second kappa shape index (κ2) is 12.5. The molecule has 4 nitrogen and oxygen atoms in total. The summed E-state index contributed by atoms with van der Waals surface area (Å²) < 4.78 is 94.8. The first-order chi connectivity index (χ1) is 17.6. The van der Waals surface area contributed by atoms with E-state index in [0.29, 0.717) is 25.1 Å². The van der Waals surface area contributed by atoms with Crippen LogP contribution in [0.2, 0.25) is 0 Å². The Labute approximate surface area is 217 Å². The van der Waals surface area contributed by atoms with Crippen LogP contribution in [0.1, 0.15) is 55.9 Å². The van der Waals surface area contributed by atoms with E-state index in [4.69, 9.17) is 10.5 Å². The fraction of sp³-hybridized carbons (Fsp3) is 0.519. The van der Waals surface area contributed by atoms with Crippen molar-refractivity contribution in [1.29, 1.82) is 0 Å². The van der Waals surface area contributed by atoms with Gasteiger partial charge < -0.3 is 15.4 Å². The summed E-state index contributed by atoms with van der Waals surface area (Å²) in [6.07, 6.45) is -8.93. The van der Waals surface area contributed by atoms with Gasteiger partial charge in [-0.15, -0.1) is 0 Å². The molecule has 2 heterocycles. The van der Waals surface area contributed by atoms with Crippen LogP contribution in [0.5, 0.6) is 0 Å². The van der Waals surface area contributed by atoms with E-state index in [9.17, 15) is 35.5 Å². The quantitative estimate of drug-likeness (QED) is 0.429. The number of nitrogens with two attached hydrogens (primary N) is 1. The Morgan fingerprint density at radius 1 is 1.00 bits per heavy atom. The monoisotopic (exact) mass is 550 g/mol. The summed E-state index contributed by atoms with van der Waals surface area (Å²) >= 11 is 0. The van der Waals surface area contributed by atoms with Crippen molar-refractivity contribution in [2.75, 3.05) is 13.2 Å². The Bertz CT molecular complexity index is 1010. The van der Waals surface area contributed by atoms with Gasteiger partial charge in [0.05, 0.1) is 30.4 Å². The van der Waals surface area contributed by atoms with E-state index in [1.807, 2.05) is 20.8 Å². The number of amides is 1. The first-order valence-electron chi connectivity index (χ1n) is 12.2. The number of aryl methyl sites for hydroxylation is 1. The van der Waals surface area contributed by atoms with E-state index < -0.39 is 29.0 Å². The van der Waals surface area contributed by atoms with Crippen LogP contribution < -0.4 is 5.73 Å². The molecular weight excluding hydrogens is 517 g/mol. The average molecular weight is 551 g/mol. The molecule has 0 aromatic heterocycles. The highest BCUT2D eigenvalue weighted by molar-refractivity contribution is 5.81. The maximum absolute atomic E-state index is 12.9. The van der Waals surface area contributed by atoms with Crippen LogP contribution in [0.25, 0.3) is 0 Å². The number of hydrogen-bond donors (Lipinski definition) is 1. The molecule has 2 N–H and O–H groups in total. The third-order valence-electron chi connectivity index (χ3n) is 6.28. The smallest absolute Gasteiger partial charge is 0.376 e. The average Bonchev–Trinajstić information content (AvgIpc) is 3.35. The summed E-state index contributed by atoms with van der Waals surface area (Å²) in [7, 11) is 0. The SMILES string of the molecule is CC.CC1(N)CC(=O)N2CC(COCc3cc(C(F)(F)F)cc(C(F)(F)F)c3)CC21.Cc1ccc(F)cc1. The van der Waals surface area contributed by atoms with Gasteiger partial charge in [0.2, 0.25) is 5.91 Å². The zero-order valence-electron chi connectivity index (χ0n) is 21.7. The van der Waals surface area contributed by atoms with E-state index in [2.05, 4.69) is 0 Å². The van der Waals surface area contributed by atoms with Crippen molar-refractivity contribution in [2.45, 2.75) is 71.1 Å². The van der Waals surface area contributed by atoms with Gasteiger partial charge in [0.15, 0.2) is 0 Å². The number of nitrogens with zero attached hydrogens (tertiary/aromatic N) is 1. The zero-order chi connectivity index (χ0) is 28.9. The third kappa shape index (κ3) is 8.42. The molecule has 0 radical (unpaired) electrons. The number of carbonyl (C=O) groups excluding carboxylic acids is 1. The molecule has 3 atom stereocenters. The normalized spacial score (nSPS) is 22.8. The Morgan fingerprint density at radius 2 is 1.53 bits per heavy atom. The van der Waals surface area contributed by atoms with Gasteiger partial charge in [-0.3, -0.25) is 4.79 Å². The van der Waals surface area contributed by atoms with Gasteiger partial charge in [-0.2, -0.15) is 26.3 Å². The molecule has 2 saturated heterocycles. The van der Waals surface area contributed by atoms with Gasteiger partial charge >= 0.3 is 12.4 Å². The van der Waals surface area contributed by atoms with Gasteiger partial charge in [0.1, 0.15) is 5.82 Å². The molecular formula is C27H33F7N2O2. The standard InChI is InChI=1S/C18H20F6N2O2.C7H7F.C2H6/c1-16(25)6-15(27)26-7-11(4-14(16)26)9-28-8-10-2-12(17(19,20)21)5-13(3-10)18(22,23)24;1-6-2-4-7(8)5-3-6;1-2/h2-3,5,11,14H,4,6-9,25H2,1H3;2-5H,1H3;1-2H3. The summed E-state index contributed by atoms with van der Waals surface area (Å²) in [6.45, 7) is 7.88. The number of ether oxygens (including phenoxy) is 1. The molecule has 4 rings (SSSR count). The summed E-state index contributed by atoms with van der Waals surface area (Å²) in [5.41, 5.74) is 3.63. The number of alkyl halides is 6. The van der Waals surface area contributed by atoms with Gasteiger partial charge in [0.25, 0.3) is 0 Å². The zero-order valence-corrected chi connectivity index (χ0v) is 21.7. The second-order valence-corrected chi connectivity index (χ2v) is 9.57. The van der Waals surface area contributed by atoms with Gasteiger partial charge in [-0.05, 0) is 56.2 Å². The van der Waals surface area contributed by atoms with Crippen molar-refractivity contribution in [3.05, 3.63) is 70.5 Å². The number of halogens is 7. The molecule has 0 spiro atoms. The van der Waals surface area contributed by atoms with Crippen LogP contribution in [0.15, 0.2) is 42.5 Å². The molecule has 1 amide bonds. The molecule has 2 aliphatic heterocycles. The van der Waals surface area contributed by atoms with E-state index in [0.717, 1.165) is 5.56 Å². The lowest BCUT2D eigenvalue weighted by molar-refractivity contribution is -0.143. The summed E-state index contributed by atoms with van der Waals surface area (Å²) in [5, 5.41) is 0. The lowest BCUT2D eigenvalue weighted by Gasteiger charge is -2.25. The summed E-state index contributed by atoms with van der Waals surface area (Å²) in [6, 6.07) is 7.67. The molecule has 38 heavy (non-hydrogen) atoms.